The van der Waals surface area contributed by atoms with E-state index in [1.807, 2.05) is 24.3 Å². The van der Waals surface area contributed by atoms with Gasteiger partial charge < -0.3 is 19.1 Å². The van der Waals surface area contributed by atoms with E-state index < -0.39 is 0 Å². The van der Waals surface area contributed by atoms with Crippen molar-refractivity contribution in [2.24, 2.45) is 0 Å². The number of para-hydroxylation sites is 3. The number of fused-ring (bicyclic) bond motifs is 4. The topological polar surface area (TPSA) is 20.6 Å². The molecule has 5 heteroatoms. The van der Waals surface area contributed by atoms with E-state index in [1.165, 1.54) is 22.1 Å². The van der Waals surface area contributed by atoms with Crippen molar-refractivity contribution >= 4 is 44.6 Å². The summed E-state index contributed by atoms with van der Waals surface area (Å²) in [5, 5.41) is 2.29. The van der Waals surface area contributed by atoms with Gasteiger partial charge in [0.15, 0.2) is 0 Å². The molecule has 0 radical (unpaired) electrons. The van der Waals surface area contributed by atoms with E-state index in [4.69, 9.17) is 4.74 Å². The zero-order valence-electron chi connectivity index (χ0n) is 32.6. The molecule has 0 saturated carbocycles. The Morgan fingerprint density at radius 1 is 0.537 bits per heavy atom. The molecule has 0 N–H and O–H groups in total. The number of aromatic nitrogens is 1. The fourth-order valence-corrected chi connectivity index (χ4v) is 7.11. The molecule has 0 fully saturated rings. The van der Waals surface area contributed by atoms with E-state index in [-0.39, 0.29) is 37.3 Å². The Hall–Kier alpha value is -4.79. The van der Waals surface area contributed by atoms with Crippen molar-refractivity contribution < 1.29 is 25.8 Å². The molecule has 0 atom stereocenters. The average molecular weight is 889 g/mol. The van der Waals surface area contributed by atoms with Crippen LogP contribution in [-0.4, -0.2) is 4.57 Å². The predicted octanol–water partition coefficient (Wildman–Crippen LogP) is 13.3. The Balaban J connectivity index is 0.00000450. The third-order valence-corrected chi connectivity index (χ3v) is 10.2. The first-order valence-electron chi connectivity index (χ1n) is 18.5. The number of nitrogens with zero attached hydrogens (tertiary/aromatic N) is 3. The Morgan fingerprint density at radius 3 is 1.85 bits per heavy atom. The summed E-state index contributed by atoms with van der Waals surface area (Å²) in [7, 11) is 0. The number of benzene rings is 6. The van der Waals surface area contributed by atoms with E-state index >= 15 is 0 Å². The molecule has 1 aliphatic heterocycles. The molecule has 6 aromatic carbocycles. The largest absolute Gasteiger partial charge is 4.00 e. The van der Waals surface area contributed by atoms with Gasteiger partial charge in [0, 0.05) is 34.1 Å². The second-order valence-corrected chi connectivity index (χ2v) is 17.3. The molecule has 54 heavy (non-hydrogen) atoms. The number of hydrogen-bond donors (Lipinski definition) is 0. The molecule has 0 aliphatic carbocycles. The molecule has 8 rings (SSSR count). The van der Waals surface area contributed by atoms with Gasteiger partial charge in [-0.25, -0.2) is 0 Å². The second-order valence-electron chi connectivity index (χ2n) is 17.3. The van der Waals surface area contributed by atoms with Gasteiger partial charge in [0.1, 0.15) is 0 Å². The van der Waals surface area contributed by atoms with Crippen LogP contribution in [-0.2, 0) is 37.3 Å². The summed E-state index contributed by atoms with van der Waals surface area (Å²) in [6.45, 7) is 22.6. The summed E-state index contributed by atoms with van der Waals surface area (Å²) in [4.78, 5) is 4.50. The molecule has 1 aromatic heterocycles. The molecule has 0 saturated heterocycles. The fraction of sp³-hybridized carbons (Fsp3) is 0.245. The zero-order chi connectivity index (χ0) is 37.3. The smallest absolute Gasteiger partial charge is 0.509 e. The summed E-state index contributed by atoms with van der Waals surface area (Å²) in [6, 6.07) is 51.4. The van der Waals surface area contributed by atoms with Crippen molar-refractivity contribution in [2.45, 2.75) is 78.6 Å². The van der Waals surface area contributed by atoms with Crippen molar-refractivity contribution in [3.8, 4) is 17.2 Å². The van der Waals surface area contributed by atoms with Crippen LogP contribution in [0.25, 0.3) is 27.5 Å². The summed E-state index contributed by atoms with van der Waals surface area (Å²) >= 11 is 0. The monoisotopic (exact) mass is 888 g/mol. The van der Waals surface area contributed by atoms with Gasteiger partial charge in [-0.05, 0) is 63.1 Å². The normalized spacial score (nSPS) is 13.4. The van der Waals surface area contributed by atoms with Crippen LogP contribution in [0.15, 0.2) is 115 Å². The zero-order valence-corrected chi connectivity index (χ0v) is 34.9. The van der Waals surface area contributed by atoms with Crippen molar-refractivity contribution in [1.82, 2.24) is 4.57 Å². The molecule has 0 bridgehead atoms. The van der Waals surface area contributed by atoms with Crippen LogP contribution < -0.4 is 14.5 Å². The van der Waals surface area contributed by atoms with Crippen LogP contribution in [0, 0.1) is 24.9 Å². The number of rotatable bonds is 5. The second kappa shape index (κ2) is 13.8. The van der Waals surface area contributed by atoms with Gasteiger partial charge in [0.2, 0.25) is 0 Å². The number of hydrogen-bond acceptors (Lipinski definition) is 3. The van der Waals surface area contributed by atoms with Crippen LogP contribution in [0.4, 0.5) is 22.7 Å². The molecule has 2 heterocycles. The van der Waals surface area contributed by atoms with E-state index in [2.05, 4.69) is 193 Å². The molecule has 274 valence electrons. The molecule has 0 amide bonds. The minimum Gasteiger partial charge on any atom is -0.509 e. The Bertz CT molecular complexity index is 2460. The maximum Gasteiger partial charge on any atom is 4.00 e. The van der Waals surface area contributed by atoms with Crippen LogP contribution in [0.2, 0.25) is 0 Å². The maximum absolute atomic E-state index is 6.57. The molecule has 4 nitrogen and oxygen atoms in total. The van der Waals surface area contributed by atoms with Gasteiger partial charge in [-0.2, -0.15) is 35.9 Å². The Morgan fingerprint density at radius 2 is 1.17 bits per heavy atom. The van der Waals surface area contributed by atoms with Gasteiger partial charge in [0.05, 0.1) is 0 Å². The molecule has 0 spiro atoms. The minimum absolute atomic E-state index is 0. The van der Waals surface area contributed by atoms with Crippen LogP contribution in [0.5, 0.6) is 11.5 Å². The Kier molecular flexibility index (Phi) is 9.59. The van der Waals surface area contributed by atoms with Crippen LogP contribution in [0.3, 0.4) is 0 Å². The molecule has 7 aromatic rings. The van der Waals surface area contributed by atoms with Gasteiger partial charge in [-0.3, -0.25) is 0 Å². The standard InChI is InChI=1S/C49H47N3O.Pt/c1-47(2,3)33-16-14-18-37(27-33)52-43-21-11-10-20-41(43)42-25-24-40(31-46(42)52)53-39-19-15-17-36(30-39)50-32-51(45-23-13-12-22-44(45)50)38-28-34(48(4,5)6)26-35(29-38)49(7,8)9;/h10-17,19-29,32H,1-9H3;/q-4;+4. The van der Waals surface area contributed by atoms with Gasteiger partial charge in [-0.15, -0.1) is 54.1 Å². The third-order valence-electron chi connectivity index (χ3n) is 10.2. The predicted molar refractivity (Wildman–Crippen MR) is 221 cm³/mol. The molecular weight excluding hydrogens is 842 g/mol. The van der Waals surface area contributed by atoms with E-state index in [1.54, 1.807) is 0 Å². The quantitative estimate of drug-likeness (QED) is 0.161. The average Bonchev–Trinajstić information content (AvgIpc) is 3.67. The minimum atomic E-state index is 0. The van der Waals surface area contributed by atoms with Crippen molar-refractivity contribution in [3.05, 3.63) is 157 Å². The van der Waals surface area contributed by atoms with E-state index in [0.717, 1.165) is 44.9 Å². The number of ether oxygens (including phenoxy) is 1. The van der Waals surface area contributed by atoms with E-state index in [0.29, 0.717) is 11.5 Å². The molecule has 1 aliphatic rings. The summed E-state index contributed by atoms with van der Waals surface area (Å²) in [5.41, 5.74) is 11.2. The first kappa shape index (κ1) is 37.5. The van der Waals surface area contributed by atoms with Crippen LogP contribution >= 0.6 is 0 Å². The number of anilines is 4. The summed E-state index contributed by atoms with van der Waals surface area (Å²) < 4.78 is 8.82. The first-order valence-corrected chi connectivity index (χ1v) is 18.5. The van der Waals surface area contributed by atoms with E-state index in [9.17, 15) is 0 Å². The van der Waals surface area contributed by atoms with Gasteiger partial charge in [-0.1, -0.05) is 110 Å². The van der Waals surface area contributed by atoms with Crippen molar-refractivity contribution in [1.29, 1.82) is 0 Å². The summed E-state index contributed by atoms with van der Waals surface area (Å²) in [5.74, 6) is 1.25. The third kappa shape index (κ3) is 6.98. The SMILES string of the molecule is CC(C)(C)c1cc[c-]c(-n2c3[c-]c(Oc4[c-]c(N5[CH-]N(c6cc(C(C)(C)C)cc(C(C)(C)C)c6)c6ccccc65)ccc4)ccc3c3ccccc32)c1.[Pt+4]. The fourth-order valence-electron chi connectivity index (χ4n) is 7.11. The summed E-state index contributed by atoms with van der Waals surface area (Å²) in [6.07, 6.45) is 0. The van der Waals surface area contributed by atoms with Gasteiger partial charge in [0.25, 0.3) is 0 Å². The van der Waals surface area contributed by atoms with Gasteiger partial charge >= 0.3 is 21.1 Å². The Labute approximate surface area is 335 Å². The van der Waals surface area contributed by atoms with Crippen molar-refractivity contribution in [2.75, 3.05) is 9.80 Å². The maximum atomic E-state index is 6.57. The first-order chi connectivity index (χ1) is 25.1. The molecular formula is C49H47N3OPt. The molecule has 0 unspecified atom stereocenters. The van der Waals surface area contributed by atoms with Crippen molar-refractivity contribution in [3.63, 3.8) is 0 Å². The van der Waals surface area contributed by atoms with Crippen LogP contribution in [0.1, 0.15) is 79.0 Å².